The van der Waals surface area contributed by atoms with Crippen molar-refractivity contribution < 1.29 is 17.6 Å². The lowest BCUT2D eigenvalue weighted by molar-refractivity contribution is -0.114. The molecule has 2 aromatic rings. The molecule has 2 aromatic carbocycles. The summed E-state index contributed by atoms with van der Waals surface area (Å²) in [5, 5.41) is 2.54. The highest BCUT2D eigenvalue weighted by atomic mass is 79.9. The van der Waals surface area contributed by atoms with Crippen molar-refractivity contribution >= 4 is 43.2 Å². The number of hydrogen-bond donors (Lipinski definition) is 3. The lowest BCUT2D eigenvalue weighted by atomic mass is 10.3. The van der Waals surface area contributed by atoms with E-state index >= 15 is 0 Å². The minimum absolute atomic E-state index is 0.0141. The molecule has 0 spiro atoms. The van der Waals surface area contributed by atoms with Crippen LogP contribution in [0.4, 0.5) is 15.8 Å². The van der Waals surface area contributed by atoms with E-state index in [4.69, 9.17) is 0 Å². The van der Waals surface area contributed by atoms with E-state index in [9.17, 15) is 17.6 Å². The van der Waals surface area contributed by atoms with Gasteiger partial charge in [-0.25, -0.2) is 12.8 Å². The Hall–Kier alpha value is -1.97. The lowest BCUT2D eigenvalue weighted by Gasteiger charge is -2.10. The van der Waals surface area contributed by atoms with Gasteiger partial charge in [-0.2, -0.15) is 0 Å². The maximum atomic E-state index is 13.1. The zero-order valence-corrected chi connectivity index (χ0v) is 14.3. The summed E-state index contributed by atoms with van der Waals surface area (Å²) in [6, 6.07) is 9.66. The van der Waals surface area contributed by atoms with Crippen LogP contribution in [-0.2, 0) is 14.8 Å². The molecule has 9 heteroatoms. The molecule has 0 aromatic heterocycles. The van der Waals surface area contributed by atoms with Crippen LogP contribution in [0, 0.1) is 5.82 Å². The van der Waals surface area contributed by atoms with E-state index in [1.165, 1.54) is 49.4 Å². The van der Waals surface area contributed by atoms with E-state index < -0.39 is 15.8 Å². The Balaban J connectivity index is 2.09. The van der Waals surface area contributed by atoms with E-state index in [0.29, 0.717) is 11.4 Å². The van der Waals surface area contributed by atoms with Crippen molar-refractivity contribution in [2.75, 3.05) is 10.7 Å². The maximum Gasteiger partial charge on any atom is 0.257 e. The summed E-state index contributed by atoms with van der Waals surface area (Å²) in [4.78, 5) is 13.1. The number of carbonyl (C=O) groups excluding carboxylic acids is 1. The van der Waals surface area contributed by atoms with E-state index in [1.807, 2.05) is 0 Å². The molecule has 0 unspecified atom stereocenters. The fourth-order valence-corrected chi connectivity index (χ4v) is 2.92. The van der Waals surface area contributed by atoms with Crippen molar-refractivity contribution in [3.63, 3.8) is 0 Å². The number of benzene rings is 2. The van der Waals surface area contributed by atoms with Crippen molar-refractivity contribution in [1.82, 2.24) is 4.83 Å². The Labute approximate surface area is 141 Å². The zero-order chi connectivity index (χ0) is 17.0. The molecule has 0 atom stereocenters. The first-order valence-corrected chi connectivity index (χ1v) is 8.66. The average molecular weight is 402 g/mol. The minimum atomic E-state index is -3.81. The smallest absolute Gasteiger partial charge is 0.257 e. The fraction of sp³-hybridized carbons (Fsp3) is 0.0714. The molecule has 0 saturated heterocycles. The van der Waals surface area contributed by atoms with Crippen LogP contribution >= 0.6 is 15.9 Å². The fourth-order valence-electron chi connectivity index (χ4n) is 1.68. The Bertz CT molecular complexity index is 826. The number of hydrazine groups is 1. The van der Waals surface area contributed by atoms with Gasteiger partial charge in [0.2, 0.25) is 5.91 Å². The van der Waals surface area contributed by atoms with Crippen molar-refractivity contribution in [3.8, 4) is 0 Å². The van der Waals surface area contributed by atoms with Crippen LogP contribution in [0.15, 0.2) is 51.8 Å². The van der Waals surface area contributed by atoms with Crippen LogP contribution in [0.3, 0.4) is 0 Å². The lowest BCUT2D eigenvalue weighted by Crippen LogP contribution is -2.29. The molecule has 0 radical (unpaired) electrons. The number of halogens is 2. The molecule has 0 fully saturated rings. The van der Waals surface area contributed by atoms with Crippen molar-refractivity contribution in [2.45, 2.75) is 11.8 Å². The Kier molecular flexibility index (Phi) is 5.34. The van der Waals surface area contributed by atoms with Gasteiger partial charge in [0.1, 0.15) is 5.82 Å². The number of sulfonamides is 1. The van der Waals surface area contributed by atoms with Crippen molar-refractivity contribution in [3.05, 3.63) is 52.8 Å². The highest BCUT2D eigenvalue weighted by molar-refractivity contribution is 9.10. The van der Waals surface area contributed by atoms with Gasteiger partial charge in [-0.05, 0) is 58.4 Å². The van der Waals surface area contributed by atoms with Crippen LogP contribution in [0.5, 0.6) is 0 Å². The second-order valence-electron chi connectivity index (χ2n) is 4.56. The summed E-state index contributed by atoms with van der Waals surface area (Å²) in [6.07, 6.45) is 0. The SMILES string of the molecule is CC(=O)Nc1ccc(S(=O)(=O)NNc2ccc(F)c(Br)c2)cc1. The van der Waals surface area contributed by atoms with Crippen LogP contribution in [0.25, 0.3) is 0 Å². The molecular weight excluding hydrogens is 389 g/mol. The molecule has 1 amide bonds. The van der Waals surface area contributed by atoms with E-state index in [1.54, 1.807) is 0 Å². The molecule has 6 nitrogen and oxygen atoms in total. The molecule has 0 heterocycles. The van der Waals surface area contributed by atoms with Crippen LogP contribution in [0.2, 0.25) is 0 Å². The largest absolute Gasteiger partial charge is 0.326 e. The molecule has 0 saturated carbocycles. The molecule has 0 bridgehead atoms. The first-order chi connectivity index (χ1) is 10.8. The maximum absolute atomic E-state index is 13.1. The molecule has 0 aliphatic heterocycles. The number of nitrogens with one attached hydrogen (secondary N) is 3. The summed E-state index contributed by atoms with van der Waals surface area (Å²) >= 11 is 3.01. The van der Waals surface area contributed by atoms with Gasteiger partial charge in [0.15, 0.2) is 0 Å². The number of carbonyl (C=O) groups is 1. The van der Waals surface area contributed by atoms with E-state index in [2.05, 4.69) is 31.5 Å². The molecule has 122 valence electrons. The van der Waals surface area contributed by atoms with Gasteiger partial charge in [0.05, 0.1) is 15.1 Å². The monoisotopic (exact) mass is 401 g/mol. The third-order valence-electron chi connectivity index (χ3n) is 2.73. The molecule has 3 N–H and O–H groups in total. The third kappa shape index (κ3) is 4.75. The van der Waals surface area contributed by atoms with Gasteiger partial charge < -0.3 is 10.7 Å². The van der Waals surface area contributed by atoms with Gasteiger partial charge in [-0.3, -0.25) is 4.79 Å². The van der Waals surface area contributed by atoms with Crippen LogP contribution < -0.4 is 15.6 Å². The highest BCUT2D eigenvalue weighted by Gasteiger charge is 2.14. The second-order valence-corrected chi connectivity index (χ2v) is 7.10. The van der Waals surface area contributed by atoms with Gasteiger partial charge in [0, 0.05) is 12.6 Å². The standard InChI is InChI=1S/C14H13BrFN3O3S/c1-9(20)17-10-2-5-12(6-3-10)23(21,22)19-18-11-4-7-14(16)13(15)8-11/h2-8,18-19H,1H3,(H,17,20). The number of amides is 1. The Morgan fingerprint density at radius 1 is 1.09 bits per heavy atom. The van der Waals surface area contributed by atoms with E-state index in [-0.39, 0.29) is 15.3 Å². The minimum Gasteiger partial charge on any atom is -0.326 e. The van der Waals surface area contributed by atoms with Gasteiger partial charge in [-0.15, -0.1) is 4.83 Å². The van der Waals surface area contributed by atoms with Gasteiger partial charge >= 0.3 is 0 Å². The number of hydrogen-bond acceptors (Lipinski definition) is 4. The summed E-state index contributed by atoms with van der Waals surface area (Å²) in [7, 11) is -3.81. The summed E-state index contributed by atoms with van der Waals surface area (Å²) < 4.78 is 37.6. The van der Waals surface area contributed by atoms with E-state index in [0.717, 1.165) is 0 Å². The topological polar surface area (TPSA) is 87.3 Å². The highest BCUT2D eigenvalue weighted by Crippen LogP contribution is 2.20. The zero-order valence-electron chi connectivity index (χ0n) is 11.9. The van der Waals surface area contributed by atoms with Crippen LogP contribution in [0.1, 0.15) is 6.92 Å². The molecule has 0 aliphatic carbocycles. The van der Waals surface area contributed by atoms with Gasteiger partial charge in [-0.1, -0.05) is 0 Å². The first-order valence-electron chi connectivity index (χ1n) is 6.38. The van der Waals surface area contributed by atoms with Crippen LogP contribution in [-0.4, -0.2) is 14.3 Å². The van der Waals surface area contributed by atoms with Crippen molar-refractivity contribution in [2.24, 2.45) is 0 Å². The average Bonchev–Trinajstić information content (AvgIpc) is 2.48. The second kappa shape index (κ2) is 7.07. The molecule has 23 heavy (non-hydrogen) atoms. The summed E-state index contributed by atoms with van der Waals surface area (Å²) in [6.45, 7) is 1.36. The predicted molar refractivity (Wildman–Crippen MR) is 88.8 cm³/mol. The summed E-state index contributed by atoms with van der Waals surface area (Å²) in [5.41, 5.74) is 3.36. The normalized spacial score (nSPS) is 11.1. The molecule has 0 aliphatic rings. The first kappa shape index (κ1) is 17.4. The molecule has 2 rings (SSSR count). The number of anilines is 2. The van der Waals surface area contributed by atoms with Gasteiger partial charge in [0.25, 0.3) is 10.0 Å². The number of rotatable bonds is 5. The predicted octanol–water partition coefficient (Wildman–Crippen LogP) is 2.85. The quantitative estimate of drug-likeness (QED) is 0.672. The van der Waals surface area contributed by atoms with Crippen molar-refractivity contribution in [1.29, 1.82) is 0 Å². The third-order valence-corrected chi connectivity index (χ3v) is 4.61. The molecular formula is C14H13BrFN3O3S. The Morgan fingerprint density at radius 2 is 1.70 bits per heavy atom. The summed E-state index contributed by atoms with van der Waals surface area (Å²) in [5.74, 6) is -0.700. The Morgan fingerprint density at radius 3 is 2.26 bits per heavy atom.